The third kappa shape index (κ3) is 5.28. The molecule has 0 saturated carbocycles. The molecule has 0 saturated heterocycles. The van der Waals surface area contributed by atoms with Crippen LogP contribution in [0.4, 0.5) is 0 Å². The quantitative estimate of drug-likeness (QED) is 0.809. The number of nitrogens with zero attached hydrogens (tertiary/aromatic N) is 1. The molecule has 3 nitrogen and oxygen atoms in total. The number of amides is 1. The number of thiophene rings is 1. The largest absolute Gasteiger partial charge is 0.352 e. The maximum Gasteiger partial charge on any atom is 0.225 e. The van der Waals surface area contributed by atoms with Crippen LogP contribution in [0.2, 0.25) is 0 Å². The lowest BCUT2D eigenvalue weighted by atomic mass is 10.1. The average Bonchev–Trinajstić information content (AvgIpc) is 3.04. The van der Waals surface area contributed by atoms with Gasteiger partial charge in [-0.15, -0.1) is 11.3 Å². The molecule has 2 aromatic rings. The SMILES string of the molecule is CCN(CC)Cc1ccc(CNC(=O)Cc2cccs2)cc1. The van der Waals surface area contributed by atoms with Crippen LogP contribution >= 0.6 is 11.3 Å². The van der Waals surface area contributed by atoms with Gasteiger partial charge in [-0.2, -0.15) is 0 Å². The predicted octanol–water partition coefficient (Wildman–Crippen LogP) is 3.45. The molecule has 0 aliphatic carbocycles. The van der Waals surface area contributed by atoms with Gasteiger partial charge in [-0.1, -0.05) is 44.2 Å². The maximum atomic E-state index is 11.9. The molecule has 0 spiro atoms. The van der Waals surface area contributed by atoms with Crippen LogP contribution in [-0.2, 0) is 24.3 Å². The van der Waals surface area contributed by atoms with E-state index in [1.54, 1.807) is 11.3 Å². The molecule has 0 aliphatic heterocycles. The van der Waals surface area contributed by atoms with E-state index in [0.29, 0.717) is 13.0 Å². The molecule has 22 heavy (non-hydrogen) atoms. The van der Waals surface area contributed by atoms with Crippen LogP contribution in [0, 0.1) is 0 Å². The molecule has 0 radical (unpaired) electrons. The summed E-state index contributed by atoms with van der Waals surface area (Å²) in [5.74, 6) is 0.0784. The fourth-order valence-electron chi connectivity index (χ4n) is 2.30. The van der Waals surface area contributed by atoms with E-state index in [9.17, 15) is 4.79 Å². The van der Waals surface area contributed by atoms with Gasteiger partial charge in [-0.25, -0.2) is 0 Å². The first-order valence-electron chi connectivity index (χ1n) is 7.80. The lowest BCUT2D eigenvalue weighted by Crippen LogP contribution is -2.24. The van der Waals surface area contributed by atoms with Crippen molar-refractivity contribution in [3.63, 3.8) is 0 Å². The second-order valence-electron chi connectivity index (χ2n) is 5.31. The molecule has 0 bridgehead atoms. The molecule has 4 heteroatoms. The summed E-state index contributed by atoms with van der Waals surface area (Å²) >= 11 is 1.62. The zero-order chi connectivity index (χ0) is 15.8. The predicted molar refractivity (Wildman–Crippen MR) is 92.9 cm³/mol. The molecule has 1 aromatic heterocycles. The van der Waals surface area contributed by atoms with Crippen LogP contribution in [0.3, 0.4) is 0 Å². The molecule has 1 heterocycles. The van der Waals surface area contributed by atoms with E-state index < -0.39 is 0 Å². The summed E-state index contributed by atoms with van der Waals surface area (Å²) in [6.07, 6.45) is 0.470. The summed E-state index contributed by atoms with van der Waals surface area (Å²) in [6, 6.07) is 12.5. The van der Waals surface area contributed by atoms with Gasteiger partial charge in [0.1, 0.15) is 0 Å². The Balaban J connectivity index is 1.79. The summed E-state index contributed by atoms with van der Waals surface area (Å²) in [5.41, 5.74) is 2.46. The van der Waals surface area contributed by atoms with Crippen molar-refractivity contribution in [3.8, 4) is 0 Å². The Bertz CT molecular complexity index is 559. The summed E-state index contributed by atoms with van der Waals surface area (Å²) in [7, 11) is 0. The standard InChI is InChI=1S/C18H24N2OS/c1-3-20(4-2)14-16-9-7-15(8-10-16)13-19-18(21)12-17-6-5-11-22-17/h5-11H,3-4,12-14H2,1-2H3,(H,19,21). The third-order valence-corrected chi connectivity index (χ3v) is 4.60. The Morgan fingerprint density at radius 2 is 1.77 bits per heavy atom. The van der Waals surface area contributed by atoms with Crippen molar-refractivity contribution >= 4 is 17.2 Å². The van der Waals surface area contributed by atoms with Crippen LogP contribution in [0.15, 0.2) is 41.8 Å². The molecule has 1 aromatic carbocycles. The third-order valence-electron chi connectivity index (χ3n) is 3.73. The van der Waals surface area contributed by atoms with Crippen LogP contribution in [-0.4, -0.2) is 23.9 Å². The van der Waals surface area contributed by atoms with Gasteiger partial charge in [-0.3, -0.25) is 9.69 Å². The van der Waals surface area contributed by atoms with Crippen molar-refractivity contribution in [1.82, 2.24) is 10.2 Å². The first-order valence-corrected chi connectivity index (χ1v) is 8.68. The number of carbonyl (C=O) groups is 1. The van der Waals surface area contributed by atoms with Crippen LogP contribution in [0.5, 0.6) is 0 Å². The average molecular weight is 316 g/mol. The van der Waals surface area contributed by atoms with Gasteiger partial charge in [0.05, 0.1) is 6.42 Å². The second-order valence-corrected chi connectivity index (χ2v) is 6.34. The molecule has 118 valence electrons. The van der Waals surface area contributed by atoms with Gasteiger partial charge in [0, 0.05) is 18.0 Å². The minimum absolute atomic E-state index is 0.0784. The smallest absolute Gasteiger partial charge is 0.225 e. The first-order chi connectivity index (χ1) is 10.7. The fraction of sp³-hybridized carbons (Fsp3) is 0.389. The van der Waals surface area contributed by atoms with Gasteiger partial charge in [0.2, 0.25) is 5.91 Å². The van der Waals surface area contributed by atoms with Gasteiger partial charge < -0.3 is 5.32 Å². The minimum atomic E-state index is 0.0784. The van der Waals surface area contributed by atoms with Gasteiger partial charge in [0.25, 0.3) is 0 Å². The maximum absolute atomic E-state index is 11.9. The van der Waals surface area contributed by atoms with E-state index >= 15 is 0 Å². The highest BCUT2D eigenvalue weighted by atomic mass is 32.1. The van der Waals surface area contributed by atoms with E-state index in [4.69, 9.17) is 0 Å². The van der Waals surface area contributed by atoms with E-state index in [1.165, 1.54) is 5.56 Å². The molecule has 2 rings (SSSR count). The van der Waals surface area contributed by atoms with Gasteiger partial charge in [0.15, 0.2) is 0 Å². The Labute approximate surface area is 137 Å². The highest BCUT2D eigenvalue weighted by Gasteiger charge is 2.05. The minimum Gasteiger partial charge on any atom is -0.352 e. The lowest BCUT2D eigenvalue weighted by molar-refractivity contribution is -0.120. The topological polar surface area (TPSA) is 32.3 Å². The Hall–Kier alpha value is -1.65. The van der Waals surface area contributed by atoms with E-state index in [-0.39, 0.29) is 5.91 Å². The Morgan fingerprint density at radius 1 is 1.09 bits per heavy atom. The van der Waals surface area contributed by atoms with E-state index in [0.717, 1.165) is 30.1 Å². The molecule has 0 fully saturated rings. The summed E-state index contributed by atoms with van der Waals surface area (Å²) < 4.78 is 0. The molecular formula is C18H24N2OS. The number of benzene rings is 1. The fourth-order valence-corrected chi connectivity index (χ4v) is 3.01. The summed E-state index contributed by atoms with van der Waals surface area (Å²) in [6.45, 7) is 8.07. The van der Waals surface area contributed by atoms with Crippen molar-refractivity contribution in [2.24, 2.45) is 0 Å². The highest BCUT2D eigenvalue weighted by molar-refractivity contribution is 7.10. The van der Waals surface area contributed by atoms with Crippen molar-refractivity contribution in [2.45, 2.75) is 33.4 Å². The molecule has 1 N–H and O–H groups in total. The number of nitrogens with one attached hydrogen (secondary N) is 1. The molecule has 0 unspecified atom stereocenters. The molecule has 1 amide bonds. The Kier molecular flexibility index (Phi) is 6.62. The normalized spacial score (nSPS) is 10.9. The highest BCUT2D eigenvalue weighted by Crippen LogP contribution is 2.10. The number of rotatable bonds is 8. The van der Waals surface area contributed by atoms with Crippen molar-refractivity contribution in [1.29, 1.82) is 0 Å². The lowest BCUT2D eigenvalue weighted by Gasteiger charge is -2.18. The number of hydrogen-bond donors (Lipinski definition) is 1. The van der Waals surface area contributed by atoms with Crippen LogP contribution in [0.1, 0.15) is 29.9 Å². The molecule has 0 atom stereocenters. The Morgan fingerprint density at radius 3 is 2.36 bits per heavy atom. The second kappa shape index (κ2) is 8.71. The summed E-state index contributed by atoms with van der Waals surface area (Å²) in [5, 5.41) is 4.97. The zero-order valence-corrected chi connectivity index (χ0v) is 14.2. The monoisotopic (exact) mass is 316 g/mol. The number of carbonyl (C=O) groups excluding carboxylic acids is 1. The number of hydrogen-bond acceptors (Lipinski definition) is 3. The zero-order valence-electron chi connectivity index (χ0n) is 13.3. The summed E-state index contributed by atoms with van der Waals surface area (Å²) in [4.78, 5) is 15.4. The van der Waals surface area contributed by atoms with Crippen molar-refractivity contribution < 1.29 is 4.79 Å². The first kappa shape index (κ1) is 16.7. The van der Waals surface area contributed by atoms with Gasteiger partial charge in [-0.05, 0) is 35.7 Å². The van der Waals surface area contributed by atoms with Gasteiger partial charge >= 0.3 is 0 Å². The van der Waals surface area contributed by atoms with Crippen molar-refractivity contribution in [3.05, 3.63) is 57.8 Å². The van der Waals surface area contributed by atoms with Crippen molar-refractivity contribution in [2.75, 3.05) is 13.1 Å². The molecular weight excluding hydrogens is 292 g/mol. The van der Waals surface area contributed by atoms with Crippen LogP contribution in [0.25, 0.3) is 0 Å². The van der Waals surface area contributed by atoms with E-state index in [2.05, 4.69) is 48.3 Å². The molecule has 0 aliphatic rings. The van der Waals surface area contributed by atoms with E-state index in [1.807, 2.05) is 17.5 Å². The van der Waals surface area contributed by atoms with Crippen LogP contribution < -0.4 is 5.32 Å².